The van der Waals surface area contributed by atoms with Gasteiger partial charge in [0.15, 0.2) is 5.01 Å². The fourth-order valence-electron chi connectivity index (χ4n) is 3.82. The number of carbonyl (C=O) groups excluding carboxylic acids is 1. The summed E-state index contributed by atoms with van der Waals surface area (Å²) in [6.07, 6.45) is 4.14. The Morgan fingerprint density at radius 3 is 2.92 bits per heavy atom. The minimum atomic E-state index is -0.0476. The Balaban J connectivity index is 1.42. The van der Waals surface area contributed by atoms with E-state index in [2.05, 4.69) is 22.1 Å². The second kappa shape index (κ2) is 7.27. The van der Waals surface area contributed by atoms with Gasteiger partial charge in [-0.3, -0.25) is 9.69 Å². The average molecular weight is 394 g/mol. The second-order valence-electron chi connectivity index (χ2n) is 6.66. The molecule has 2 bridgehead atoms. The summed E-state index contributed by atoms with van der Waals surface area (Å²) in [5.41, 5.74) is 0. The van der Waals surface area contributed by atoms with Crippen molar-refractivity contribution in [2.24, 2.45) is 5.92 Å². The van der Waals surface area contributed by atoms with Crippen LogP contribution in [-0.2, 0) is 0 Å². The van der Waals surface area contributed by atoms with E-state index in [0.29, 0.717) is 22.0 Å². The zero-order chi connectivity index (χ0) is 17.4. The molecule has 0 unspecified atom stereocenters. The molecular weight excluding hydrogens is 374 g/mol. The van der Waals surface area contributed by atoms with Crippen molar-refractivity contribution in [1.29, 1.82) is 0 Å². The maximum Gasteiger partial charge on any atom is 0.280 e. The van der Waals surface area contributed by atoms with Crippen molar-refractivity contribution < 1.29 is 4.79 Å². The molecule has 25 heavy (non-hydrogen) atoms. The molecule has 4 nitrogen and oxygen atoms in total. The van der Waals surface area contributed by atoms with E-state index in [1.54, 1.807) is 18.0 Å². The van der Waals surface area contributed by atoms with Gasteiger partial charge >= 0.3 is 0 Å². The largest absolute Gasteiger partial charge is 0.345 e. The van der Waals surface area contributed by atoms with Gasteiger partial charge < -0.3 is 5.32 Å². The molecule has 3 fully saturated rings. The molecule has 1 amide bonds. The zero-order valence-corrected chi connectivity index (χ0v) is 16.3. The summed E-state index contributed by atoms with van der Waals surface area (Å²) in [7, 11) is 0. The van der Waals surface area contributed by atoms with Crippen LogP contribution in [0, 0.1) is 5.92 Å². The van der Waals surface area contributed by atoms with Gasteiger partial charge in [0.1, 0.15) is 0 Å². The lowest BCUT2D eigenvalue weighted by molar-refractivity contribution is 0.0217. The van der Waals surface area contributed by atoms with Crippen LogP contribution in [0.1, 0.15) is 29.6 Å². The molecule has 1 N–H and O–H groups in total. The molecule has 0 aliphatic carbocycles. The standard InChI is InChI=1S/C18H20ClN3OS2/c1-11-16(12-5-7-22(11)8-6-12)21-17(23)18-20-10-15(25-18)24-14-4-2-3-13(19)9-14/h2-4,9-12,16H,5-8H2,1H3,(H,21,23)/t11-,16-/m0/s1. The van der Waals surface area contributed by atoms with Crippen molar-refractivity contribution in [3.05, 3.63) is 40.5 Å². The lowest BCUT2D eigenvalue weighted by Gasteiger charge is -2.49. The van der Waals surface area contributed by atoms with Crippen molar-refractivity contribution in [2.75, 3.05) is 13.1 Å². The first-order valence-electron chi connectivity index (χ1n) is 8.54. The smallest absolute Gasteiger partial charge is 0.280 e. The van der Waals surface area contributed by atoms with E-state index in [0.717, 1.165) is 22.2 Å². The Labute approximate surface area is 161 Å². The third kappa shape index (κ3) is 3.72. The van der Waals surface area contributed by atoms with Crippen molar-refractivity contribution in [3.63, 3.8) is 0 Å². The number of hydrogen-bond donors (Lipinski definition) is 1. The summed E-state index contributed by atoms with van der Waals surface area (Å²) in [6.45, 7) is 4.55. The number of hydrogen-bond acceptors (Lipinski definition) is 5. The van der Waals surface area contributed by atoms with E-state index in [-0.39, 0.29) is 11.9 Å². The number of benzene rings is 1. The number of amides is 1. The minimum Gasteiger partial charge on any atom is -0.345 e. The Morgan fingerprint density at radius 1 is 1.40 bits per heavy atom. The lowest BCUT2D eigenvalue weighted by atomic mass is 9.79. The van der Waals surface area contributed by atoms with Crippen LogP contribution in [-0.4, -0.2) is 41.0 Å². The molecule has 4 heterocycles. The molecule has 5 rings (SSSR count). The maximum absolute atomic E-state index is 12.6. The molecular formula is C18H20ClN3OS2. The maximum atomic E-state index is 12.6. The molecule has 0 spiro atoms. The van der Waals surface area contributed by atoms with Crippen LogP contribution < -0.4 is 5.32 Å². The Hall–Kier alpha value is -1.08. The third-order valence-corrected chi connectivity index (χ3v) is 7.49. The van der Waals surface area contributed by atoms with E-state index < -0.39 is 0 Å². The number of aromatic nitrogens is 1. The van der Waals surface area contributed by atoms with Crippen LogP contribution in [0.4, 0.5) is 0 Å². The van der Waals surface area contributed by atoms with Crippen molar-refractivity contribution in [1.82, 2.24) is 15.2 Å². The third-order valence-electron chi connectivity index (χ3n) is 5.17. The van der Waals surface area contributed by atoms with E-state index in [9.17, 15) is 4.79 Å². The van der Waals surface area contributed by atoms with Crippen LogP contribution in [0.5, 0.6) is 0 Å². The number of thiazole rings is 1. The van der Waals surface area contributed by atoms with Gasteiger partial charge in [-0.25, -0.2) is 4.98 Å². The predicted molar refractivity (Wildman–Crippen MR) is 103 cm³/mol. The molecule has 3 aliphatic rings. The quantitative estimate of drug-likeness (QED) is 0.847. The van der Waals surface area contributed by atoms with Gasteiger partial charge in [-0.05, 0) is 57.0 Å². The highest BCUT2D eigenvalue weighted by molar-refractivity contribution is 8.01. The highest BCUT2D eigenvalue weighted by Gasteiger charge is 2.40. The summed E-state index contributed by atoms with van der Waals surface area (Å²) in [4.78, 5) is 20.5. The summed E-state index contributed by atoms with van der Waals surface area (Å²) in [6, 6.07) is 8.35. The number of nitrogens with one attached hydrogen (secondary N) is 1. The fraction of sp³-hybridized carbons (Fsp3) is 0.444. The first-order chi connectivity index (χ1) is 12.1. The van der Waals surface area contributed by atoms with E-state index >= 15 is 0 Å². The molecule has 2 atom stereocenters. The lowest BCUT2D eigenvalue weighted by Crippen LogP contribution is -2.62. The first-order valence-corrected chi connectivity index (χ1v) is 10.6. The van der Waals surface area contributed by atoms with Gasteiger partial charge in [0.05, 0.1) is 10.4 Å². The molecule has 7 heteroatoms. The Morgan fingerprint density at radius 2 is 2.20 bits per heavy atom. The predicted octanol–water partition coefficient (Wildman–Crippen LogP) is 4.16. The summed E-state index contributed by atoms with van der Waals surface area (Å²) < 4.78 is 0.995. The zero-order valence-electron chi connectivity index (χ0n) is 13.9. The van der Waals surface area contributed by atoms with E-state index in [1.807, 2.05) is 24.3 Å². The van der Waals surface area contributed by atoms with Gasteiger partial charge in [0, 0.05) is 22.0 Å². The fourth-order valence-corrected chi connectivity index (χ4v) is 5.99. The van der Waals surface area contributed by atoms with Gasteiger partial charge in [0.25, 0.3) is 5.91 Å². The molecule has 2 aromatic rings. The van der Waals surface area contributed by atoms with Crippen LogP contribution >= 0.6 is 34.7 Å². The minimum absolute atomic E-state index is 0.0476. The van der Waals surface area contributed by atoms with Gasteiger partial charge in [0.2, 0.25) is 0 Å². The number of rotatable bonds is 4. The van der Waals surface area contributed by atoms with E-state index in [4.69, 9.17) is 11.6 Å². The monoisotopic (exact) mass is 393 g/mol. The number of fused-ring (bicyclic) bond motifs is 3. The van der Waals surface area contributed by atoms with Crippen LogP contribution in [0.15, 0.2) is 39.6 Å². The number of carbonyl (C=O) groups is 1. The van der Waals surface area contributed by atoms with Crippen LogP contribution in [0.2, 0.25) is 5.02 Å². The van der Waals surface area contributed by atoms with Crippen molar-refractivity contribution in [2.45, 2.75) is 41.0 Å². The second-order valence-corrected chi connectivity index (χ2v) is 9.50. The van der Waals surface area contributed by atoms with E-state index in [1.165, 1.54) is 24.2 Å². The van der Waals surface area contributed by atoms with Crippen LogP contribution in [0.25, 0.3) is 0 Å². The SMILES string of the molecule is C[C@H]1[C@H](NC(=O)c2ncc(Sc3cccc(Cl)c3)s2)C2CCN1CC2. The first kappa shape index (κ1) is 17.3. The van der Waals surface area contributed by atoms with Gasteiger partial charge in [-0.2, -0.15) is 0 Å². The molecule has 3 saturated heterocycles. The van der Waals surface area contributed by atoms with Crippen molar-refractivity contribution >= 4 is 40.6 Å². The molecule has 1 aromatic heterocycles. The normalized spacial score (nSPS) is 28.1. The average Bonchev–Trinajstić information content (AvgIpc) is 3.07. The molecule has 3 aliphatic heterocycles. The highest BCUT2D eigenvalue weighted by Crippen LogP contribution is 2.34. The molecule has 0 saturated carbocycles. The number of piperidine rings is 3. The molecule has 1 aromatic carbocycles. The van der Waals surface area contributed by atoms with Gasteiger partial charge in [-0.15, -0.1) is 11.3 Å². The van der Waals surface area contributed by atoms with Crippen LogP contribution in [0.3, 0.4) is 0 Å². The molecule has 132 valence electrons. The summed E-state index contributed by atoms with van der Waals surface area (Å²) in [5.74, 6) is 0.553. The number of halogens is 1. The summed E-state index contributed by atoms with van der Waals surface area (Å²) >= 11 is 9.04. The number of nitrogens with zero attached hydrogens (tertiary/aromatic N) is 2. The van der Waals surface area contributed by atoms with Gasteiger partial charge in [-0.1, -0.05) is 29.4 Å². The topological polar surface area (TPSA) is 45.2 Å². The highest BCUT2D eigenvalue weighted by atomic mass is 35.5. The van der Waals surface area contributed by atoms with Crippen molar-refractivity contribution in [3.8, 4) is 0 Å². The molecule has 0 radical (unpaired) electrons. The Bertz CT molecular complexity index is 771. The Kier molecular flexibility index (Phi) is 5.04. The summed E-state index contributed by atoms with van der Waals surface area (Å²) in [5, 5.41) is 4.49.